The minimum atomic E-state index is -0.444. The van der Waals surface area contributed by atoms with E-state index in [1.807, 2.05) is 0 Å². The highest BCUT2D eigenvalue weighted by molar-refractivity contribution is 6.21. The molecule has 0 spiro atoms. The predicted molar refractivity (Wildman–Crippen MR) is 340 cm³/mol. The monoisotopic (exact) mass is 1050 g/mol. The topological polar surface area (TPSA) is 32.8 Å². The fraction of sp³-hybridized carbons (Fsp3) is 0.289. The van der Waals surface area contributed by atoms with Crippen molar-refractivity contribution in [1.82, 2.24) is 0 Å². The maximum absolute atomic E-state index is 7.29. The second-order valence-electron chi connectivity index (χ2n) is 28.3. The molecule has 9 aromatic carbocycles. The molecule has 0 radical (unpaired) electrons. The van der Waals surface area contributed by atoms with E-state index in [9.17, 15) is 0 Å². The molecule has 4 heteroatoms. The number of nitrogens with zero attached hydrogens (tertiary/aromatic N) is 2. The van der Waals surface area contributed by atoms with Crippen molar-refractivity contribution in [2.45, 2.75) is 143 Å². The molecule has 2 aliphatic rings. The summed E-state index contributed by atoms with van der Waals surface area (Å²) < 4.78 is 14.6. The SMILES string of the molecule is CC(C)(C)c1ccc(N(c2ccc(C(C)(C)C)cc2)c2cc3c(c4oc5ccccc5c24)-c2ccc4c(c2C3(C)C)C(C)(C)c2cc(N(c3ccc(C(C)(C)C)cc3)c3ccc(C(C)(C)C)cc3)c3c(oc5ccccc53)c2-4)cc1. The van der Waals surface area contributed by atoms with Gasteiger partial charge < -0.3 is 18.6 Å². The van der Waals surface area contributed by atoms with E-state index in [1.165, 1.54) is 66.8 Å². The third kappa shape index (κ3) is 7.82. The van der Waals surface area contributed by atoms with Gasteiger partial charge in [0.25, 0.3) is 0 Å². The lowest BCUT2D eigenvalue weighted by atomic mass is 9.72. The van der Waals surface area contributed by atoms with Crippen LogP contribution in [0.25, 0.3) is 66.1 Å². The molecule has 13 rings (SSSR count). The number of furan rings is 2. The zero-order valence-electron chi connectivity index (χ0n) is 49.9. The average molecular weight is 1050 g/mol. The standard InChI is InChI=1S/C76H76N2O2/c1-71(2,3)45-25-33-49(34-26-45)77(50-35-27-46(28-36-50)72(4,5)6)59-43-57-63(69-65(59)53-21-17-19-23-61(53)79-69)55-41-42-56-64-58(76(15,16)68(56)67(55)75(57,13)14)44-60(66-54-22-18-20-24-62(54)80-70(64)66)78(51-37-29-47(30-38-51)73(7,8)9)52-39-31-48(32-40-52)74(10,11)12/h17-44H,1-16H3. The summed E-state index contributed by atoms with van der Waals surface area (Å²) in [6, 6.07) is 64.0. The number of para-hydroxylation sites is 2. The second kappa shape index (κ2) is 17.3. The zero-order valence-corrected chi connectivity index (χ0v) is 49.9. The summed E-state index contributed by atoms with van der Waals surface area (Å²) in [7, 11) is 0. The maximum atomic E-state index is 7.29. The molecule has 2 aliphatic carbocycles. The number of rotatable bonds is 6. The molecule has 4 nitrogen and oxygen atoms in total. The van der Waals surface area contributed by atoms with Gasteiger partial charge in [0.2, 0.25) is 0 Å². The van der Waals surface area contributed by atoms with E-state index < -0.39 is 10.8 Å². The van der Waals surface area contributed by atoms with Crippen LogP contribution in [0, 0.1) is 0 Å². The second-order valence-corrected chi connectivity index (χ2v) is 28.3. The Kier molecular flexibility index (Phi) is 11.2. The van der Waals surface area contributed by atoms with Crippen LogP contribution in [0.2, 0.25) is 0 Å². The first-order valence-corrected chi connectivity index (χ1v) is 28.9. The van der Waals surface area contributed by atoms with Crippen molar-refractivity contribution in [2.24, 2.45) is 0 Å². The highest BCUT2D eigenvalue weighted by Gasteiger charge is 2.49. The van der Waals surface area contributed by atoms with Crippen LogP contribution in [0.3, 0.4) is 0 Å². The van der Waals surface area contributed by atoms with Crippen LogP contribution >= 0.6 is 0 Å². The summed E-state index contributed by atoms with van der Waals surface area (Å²) >= 11 is 0. The third-order valence-corrected chi connectivity index (χ3v) is 18.0. The van der Waals surface area contributed by atoms with Gasteiger partial charge >= 0.3 is 0 Å². The molecular weight excluding hydrogens is 973 g/mol. The van der Waals surface area contributed by atoms with Crippen molar-refractivity contribution in [3.05, 3.63) is 214 Å². The Balaban J connectivity index is 1.06. The van der Waals surface area contributed by atoms with Gasteiger partial charge in [0.1, 0.15) is 22.3 Å². The minimum Gasteiger partial charge on any atom is -0.455 e. The molecule has 2 heterocycles. The van der Waals surface area contributed by atoms with Gasteiger partial charge in [-0.05, 0) is 150 Å². The molecule has 0 N–H and O–H groups in total. The van der Waals surface area contributed by atoms with Crippen molar-refractivity contribution < 1.29 is 8.83 Å². The zero-order chi connectivity index (χ0) is 56.4. The number of hydrogen-bond donors (Lipinski definition) is 0. The van der Waals surface area contributed by atoms with Crippen molar-refractivity contribution >= 4 is 78.0 Å². The highest BCUT2D eigenvalue weighted by Crippen LogP contribution is 2.64. The molecular formula is C76H76N2O2. The molecule has 402 valence electrons. The van der Waals surface area contributed by atoms with E-state index in [4.69, 9.17) is 8.83 Å². The van der Waals surface area contributed by atoms with E-state index in [1.54, 1.807) is 0 Å². The van der Waals surface area contributed by atoms with Crippen LogP contribution in [0.5, 0.6) is 0 Å². The molecule has 0 saturated carbocycles. The van der Waals surface area contributed by atoms with Crippen molar-refractivity contribution in [2.75, 3.05) is 9.80 Å². The Morgan fingerprint density at radius 3 is 0.887 bits per heavy atom. The lowest BCUT2D eigenvalue weighted by molar-refractivity contribution is 0.590. The summed E-state index contributed by atoms with van der Waals surface area (Å²) in [4.78, 5) is 4.96. The molecule has 2 aromatic heterocycles. The lowest BCUT2D eigenvalue weighted by Crippen LogP contribution is -2.24. The molecule has 0 saturated heterocycles. The van der Waals surface area contributed by atoms with E-state index in [0.717, 1.165) is 78.0 Å². The quantitative estimate of drug-likeness (QED) is 0.166. The van der Waals surface area contributed by atoms with E-state index >= 15 is 0 Å². The van der Waals surface area contributed by atoms with Crippen molar-refractivity contribution in [1.29, 1.82) is 0 Å². The number of hydrogen-bond acceptors (Lipinski definition) is 4. The third-order valence-electron chi connectivity index (χ3n) is 18.0. The number of fused-ring (bicyclic) bond motifs is 15. The Morgan fingerprint density at radius 1 is 0.338 bits per heavy atom. The van der Waals surface area contributed by atoms with Crippen molar-refractivity contribution in [3.8, 4) is 22.3 Å². The van der Waals surface area contributed by atoms with Crippen LogP contribution in [-0.4, -0.2) is 0 Å². The predicted octanol–water partition coefficient (Wildman–Crippen LogP) is 22.2. The molecule has 0 bridgehead atoms. The van der Waals surface area contributed by atoms with Gasteiger partial charge in [-0.25, -0.2) is 0 Å². The smallest absolute Gasteiger partial charge is 0.145 e. The molecule has 0 fully saturated rings. The first-order chi connectivity index (χ1) is 37.7. The fourth-order valence-corrected chi connectivity index (χ4v) is 13.5. The Morgan fingerprint density at radius 2 is 0.613 bits per heavy atom. The summed E-state index contributed by atoms with van der Waals surface area (Å²) in [5.41, 5.74) is 24.6. The van der Waals surface area contributed by atoms with E-state index in [2.05, 4.69) is 290 Å². The van der Waals surface area contributed by atoms with Crippen LogP contribution in [0.1, 0.15) is 155 Å². The first-order valence-electron chi connectivity index (χ1n) is 28.9. The number of benzene rings is 9. The van der Waals surface area contributed by atoms with Crippen molar-refractivity contribution in [3.63, 3.8) is 0 Å². The lowest BCUT2D eigenvalue weighted by Gasteiger charge is -2.32. The normalized spacial score (nSPS) is 14.7. The maximum Gasteiger partial charge on any atom is 0.145 e. The summed E-state index contributed by atoms with van der Waals surface area (Å²) in [5, 5.41) is 4.44. The molecule has 80 heavy (non-hydrogen) atoms. The van der Waals surface area contributed by atoms with E-state index in [0.29, 0.717) is 0 Å². The van der Waals surface area contributed by atoms with Gasteiger partial charge in [-0.15, -0.1) is 0 Å². The van der Waals surface area contributed by atoms with Gasteiger partial charge in [0.15, 0.2) is 0 Å². The molecule has 0 atom stereocenters. The van der Waals surface area contributed by atoms with Crippen LogP contribution in [0.4, 0.5) is 34.1 Å². The summed E-state index contributed by atoms with van der Waals surface area (Å²) in [6.07, 6.45) is 0. The first kappa shape index (κ1) is 51.6. The van der Waals surface area contributed by atoms with Crippen LogP contribution < -0.4 is 9.80 Å². The summed E-state index contributed by atoms with van der Waals surface area (Å²) in [6.45, 7) is 37.2. The van der Waals surface area contributed by atoms with Gasteiger partial charge in [0, 0.05) is 55.5 Å². The fourth-order valence-electron chi connectivity index (χ4n) is 13.5. The minimum absolute atomic E-state index is 0.0106. The molecule has 0 unspecified atom stereocenters. The Labute approximate surface area is 474 Å². The molecule has 11 aromatic rings. The molecule has 0 amide bonds. The van der Waals surface area contributed by atoms with Gasteiger partial charge in [-0.3, -0.25) is 0 Å². The number of anilines is 6. The van der Waals surface area contributed by atoms with Gasteiger partial charge in [-0.2, -0.15) is 0 Å². The largest absolute Gasteiger partial charge is 0.455 e. The van der Waals surface area contributed by atoms with Gasteiger partial charge in [-0.1, -0.05) is 208 Å². The average Bonchev–Trinajstić information content (AvgIpc) is 1.90. The Bertz CT molecular complexity index is 3890. The summed E-state index contributed by atoms with van der Waals surface area (Å²) in [5.74, 6) is 0. The van der Waals surface area contributed by atoms with Crippen LogP contribution in [-0.2, 0) is 32.5 Å². The van der Waals surface area contributed by atoms with Gasteiger partial charge in [0.05, 0.1) is 22.1 Å². The van der Waals surface area contributed by atoms with Crippen LogP contribution in [0.15, 0.2) is 179 Å². The molecule has 0 aliphatic heterocycles. The Hall–Kier alpha value is -7.82. The van der Waals surface area contributed by atoms with E-state index in [-0.39, 0.29) is 21.7 Å². The highest BCUT2D eigenvalue weighted by atomic mass is 16.3.